The van der Waals surface area contributed by atoms with Crippen LogP contribution in [-0.4, -0.2) is 40.4 Å². The number of carboxylic acid groups (broad SMARTS) is 1. The van der Waals surface area contributed by atoms with Gasteiger partial charge in [0.05, 0.1) is 12.6 Å². The van der Waals surface area contributed by atoms with Crippen molar-refractivity contribution in [3.05, 3.63) is 77.4 Å². The van der Waals surface area contributed by atoms with Gasteiger partial charge in [-0.2, -0.15) is 13.2 Å². The Hall–Kier alpha value is -3.96. The van der Waals surface area contributed by atoms with Crippen LogP contribution in [0.2, 0.25) is 0 Å². The molecule has 0 saturated heterocycles. The molecule has 2 heterocycles. The number of hydrogen-bond donors (Lipinski definition) is 2. The molecule has 0 spiro atoms. The van der Waals surface area contributed by atoms with Crippen molar-refractivity contribution >= 4 is 33.1 Å². The van der Waals surface area contributed by atoms with Crippen LogP contribution in [0.5, 0.6) is 11.6 Å². The summed E-state index contributed by atoms with van der Waals surface area (Å²) >= 11 is 1.23. The van der Waals surface area contributed by atoms with E-state index in [0.717, 1.165) is 28.7 Å². The quantitative estimate of drug-likeness (QED) is 0.218. The molecule has 214 valence electrons. The van der Waals surface area contributed by atoms with Crippen molar-refractivity contribution in [1.29, 1.82) is 0 Å². The Morgan fingerprint density at radius 2 is 1.95 bits per heavy atom. The number of halogens is 3. The lowest BCUT2D eigenvalue weighted by Crippen LogP contribution is -2.32. The number of hydrogen-bond acceptors (Lipinski definition) is 7. The predicted molar refractivity (Wildman–Crippen MR) is 151 cm³/mol. The van der Waals surface area contributed by atoms with Crippen LogP contribution in [0.25, 0.3) is 26.9 Å². The normalized spacial score (nSPS) is 17.1. The van der Waals surface area contributed by atoms with Crippen molar-refractivity contribution in [3.8, 4) is 22.8 Å². The van der Waals surface area contributed by atoms with Crippen molar-refractivity contribution in [2.75, 3.05) is 7.11 Å². The van der Waals surface area contributed by atoms with Crippen LogP contribution in [0.1, 0.15) is 42.9 Å². The fourth-order valence-corrected chi connectivity index (χ4v) is 6.01. The standard InChI is InChI=1S/C30H28F3N3O4S/c1-39-22-4-2-3-21(14-22)18-9-11-20(12-10-18)27(30(31,32)33)40-28-26-25(35-16-36-28)23(15-41-26)19-7-5-17(6-8-19)13-24(34)29(37)38/h2-4,7,9-12,14-17,24,27H,5-6,8,13,34H2,1H3,(H,37,38). The molecule has 3 unspecified atom stereocenters. The summed E-state index contributed by atoms with van der Waals surface area (Å²) < 4.78 is 54.0. The maximum absolute atomic E-state index is 14.3. The van der Waals surface area contributed by atoms with Gasteiger partial charge in [-0.05, 0) is 60.4 Å². The maximum Gasteiger partial charge on any atom is 0.429 e. The number of aromatic nitrogens is 2. The molecule has 11 heteroatoms. The molecule has 0 aliphatic heterocycles. The van der Waals surface area contributed by atoms with E-state index >= 15 is 0 Å². The second-order valence-electron chi connectivity index (χ2n) is 9.95. The summed E-state index contributed by atoms with van der Waals surface area (Å²) in [5.41, 5.74) is 9.57. The third-order valence-electron chi connectivity index (χ3n) is 7.23. The van der Waals surface area contributed by atoms with Gasteiger partial charge in [0.2, 0.25) is 12.0 Å². The van der Waals surface area contributed by atoms with Gasteiger partial charge in [-0.3, -0.25) is 4.79 Å². The highest BCUT2D eigenvalue weighted by Gasteiger charge is 2.43. The number of aliphatic carboxylic acids is 1. The topological polar surface area (TPSA) is 108 Å². The highest BCUT2D eigenvalue weighted by Crippen LogP contribution is 2.43. The lowest BCUT2D eigenvalue weighted by Gasteiger charge is -2.23. The SMILES string of the molecule is COc1cccc(-c2ccc(C(Oc3ncnc4c(C5=CCC(CC(N)C(=O)O)CC5)csc34)C(F)(F)F)cc2)c1. The molecule has 0 saturated carbocycles. The summed E-state index contributed by atoms with van der Waals surface area (Å²) in [6.07, 6.45) is -1.15. The molecule has 2 aromatic carbocycles. The van der Waals surface area contributed by atoms with Crippen molar-refractivity contribution in [1.82, 2.24) is 9.97 Å². The van der Waals surface area contributed by atoms with Gasteiger partial charge >= 0.3 is 12.1 Å². The van der Waals surface area contributed by atoms with Gasteiger partial charge in [0.1, 0.15) is 22.8 Å². The lowest BCUT2D eigenvalue weighted by molar-refractivity contribution is -0.198. The molecule has 0 bridgehead atoms. The molecule has 0 fully saturated rings. The second-order valence-corrected chi connectivity index (χ2v) is 10.8. The molecule has 1 aliphatic rings. The molecule has 7 nitrogen and oxygen atoms in total. The van der Waals surface area contributed by atoms with Gasteiger partial charge in [0, 0.05) is 16.5 Å². The smallest absolute Gasteiger partial charge is 0.429 e. The summed E-state index contributed by atoms with van der Waals surface area (Å²) in [6.45, 7) is 0. The molecule has 0 radical (unpaired) electrons. The fourth-order valence-electron chi connectivity index (χ4n) is 5.04. The first kappa shape index (κ1) is 28.6. The summed E-state index contributed by atoms with van der Waals surface area (Å²) in [4.78, 5) is 19.5. The second kappa shape index (κ2) is 11.9. The van der Waals surface area contributed by atoms with Crippen LogP contribution >= 0.6 is 11.3 Å². The van der Waals surface area contributed by atoms with Crippen LogP contribution in [0.3, 0.4) is 0 Å². The number of benzene rings is 2. The molecule has 41 heavy (non-hydrogen) atoms. The number of carbonyl (C=O) groups is 1. The predicted octanol–water partition coefficient (Wildman–Crippen LogP) is 7.03. The van der Waals surface area contributed by atoms with Gasteiger partial charge in [0.25, 0.3) is 0 Å². The number of nitrogens with two attached hydrogens (primary N) is 1. The van der Waals surface area contributed by atoms with Crippen molar-refractivity contribution in [3.63, 3.8) is 0 Å². The van der Waals surface area contributed by atoms with Crippen LogP contribution in [0.15, 0.2) is 66.3 Å². The van der Waals surface area contributed by atoms with Gasteiger partial charge < -0.3 is 20.3 Å². The Balaban J connectivity index is 1.38. The number of methoxy groups -OCH3 is 1. The van der Waals surface area contributed by atoms with Crippen molar-refractivity contribution in [2.45, 2.75) is 44.0 Å². The molecule has 5 rings (SSSR count). The first-order chi connectivity index (χ1) is 19.6. The van der Waals surface area contributed by atoms with Gasteiger partial charge in [-0.15, -0.1) is 11.3 Å². The molecule has 2 aromatic heterocycles. The van der Waals surface area contributed by atoms with E-state index in [1.165, 1.54) is 29.8 Å². The number of fused-ring (bicyclic) bond motifs is 1. The van der Waals surface area contributed by atoms with Gasteiger partial charge in [0.15, 0.2) is 0 Å². The fraction of sp³-hybridized carbons (Fsp3) is 0.300. The molecule has 4 aromatic rings. The first-order valence-corrected chi connectivity index (χ1v) is 13.9. The average molecular weight is 584 g/mol. The van der Waals surface area contributed by atoms with E-state index in [1.807, 2.05) is 29.7 Å². The minimum absolute atomic E-state index is 0.0479. The number of carboxylic acids is 1. The van der Waals surface area contributed by atoms with Crippen LogP contribution < -0.4 is 15.2 Å². The molecule has 3 N–H and O–H groups in total. The summed E-state index contributed by atoms with van der Waals surface area (Å²) in [7, 11) is 1.55. The Bertz CT molecular complexity index is 1570. The third-order valence-corrected chi connectivity index (χ3v) is 8.19. The molecular formula is C30H28F3N3O4S. The number of ether oxygens (including phenoxy) is 2. The van der Waals surface area contributed by atoms with Crippen molar-refractivity contribution in [2.24, 2.45) is 11.7 Å². The van der Waals surface area contributed by atoms with Crippen molar-refractivity contribution < 1.29 is 32.5 Å². The average Bonchev–Trinajstić information content (AvgIpc) is 3.41. The summed E-state index contributed by atoms with van der Waals surface area (Å²) in [6, 6.07) is 12.4. The Morgan fingerprint density at radius 3 is 2.61 bits per heavy atom. The van der Waals surface area contributed by atoms with Crippen LogP contribution in [-0.2, 0) is 4.79 Å². The number of nitrogens with zero attached hydrogens (tertiary/aromatic N) is 2. The van der Waals surface area contributed by atoms with Gasteiger partial charge in [-0.1, -0.05) is 42.5 Å². The van der Waals surface area contributed by atoms with Gasteiger partial charge in [-0.25, -0.2) is 9.97 Å². The molecule has 0 amide bonds. The molecule has 3 atom stereocenters. The largest absolute Gasteiger partial charge is 0.497 e. The number of rotatable bonds is 9. The molecule has 1 aliphatic carbocycles. The summed E-state index contributed by atoms with van der Waals surface area (Å²) in [5, 5.41) is 10.9. The zero-order chi connectivity index (χ0) is 29.1. The van der Waals surface area contributed by atoms with E-state index in [9.17, 15) is 18.0 Å². The van der Waals surface area contributed by atoms with Crippen LogP contribution in [0, 0.1) is 5.92 Å². The molecular weight excluding hydrogens is 555 g/mol. The van der Waals surface area contributed by atoms with E-state index in [0.29, 0.717) is 35.2 Å². The maximum atomic E-state index is 14.3. The zero-order valence-corrected chi connectivity index (χ0v) is 22.9. The minimum Gasteiger partial charge on any atom is -0.497 e. The van der Waals surface area contributed by atoms with E-state index in [2.05, 4.69) is 9.97 Å². The highest BCUT2D eigenvalue weighted by atomic mass is 32.1. The summed E-state index contributed by atoms with van der Waals surface area (Å²) in [5.74, 6) is -0.339. The van der Waals surface area contributed by atoms with E-state index in [-0.39, 0.29) is 17.4 Å². The van der Waals surface area contributed by atoms with E-state index in [4.69, 9.17) is 20.3 Å². The zero-order valence-electron chi connectivity index (χ0n) is 22.1. The Kier molecular flexibility index (Phi) is 8.27. The Morgan fingerprint density at radius 1 is 1.17 bits per heavy atom. The van der Waals surface area contributed by atoms with Crippen LogP contribution in [0.4, 0.5) is 13.2 Å². The first-order valence-electron chi connectivity index (χ1n) is 13.0. The monoisotopic (exact) mass is 583 g/mol. The number of thiophene rings is 1. The highest BCUT2D eigenvalue weighted by molar-refractivity contribution is 7.17. The van der Waals surface area contributed by atoms with E-state index in [1.54, 1.807) is 25.3 Å². The minimum atomic E-state index is -4.69. The Labute approximate surface area is 238 Å². The number of allylic oxidation sites excluding steroid dienone is 2. The van der Waals surface area contributed by atoms with E-state index < -0.39 is 24.3 Å². The lowest BCUT2D eigenvalue weighted by atomic mass is 9.83. The third kappa shape index (κ3) is 6.36. The number of alkyl halides is 3.